The van der Waals surface area contributed by atoms with Gasteiger partial charge >= 0.3 is 24.0 Å². The zero-order valence-corrected chi connectivity index (χ0v) is 26.5. The summed E-state index contributed by atoms with van der Waals surface area (Å²) in [5, 5.41) is 0. The monoisotopic (exact) mass is 692 g/mol. The van der Waals surface area contributed by atoms with Crippen molar-refractivity contribution >= 4 is 5.97 Å². The van der Waals surface area contributed by atoms with Gasteiger partial charge in [-0.05, 0) is 48.6 Å². The third-order valence-electron chi connectivity index (χ3n) is 7.46. The van der Waals surface area contributed by atoms with E-state index in [1.54, 1.807) is 24.3 Å². The Bertz CT molecular complexity index is 1460. The summed E-state index contributed by atoms with van der Waals surface area (Å²) in [5.41, 5.74) is 1.38. The Kier molecular flexibility index (Phi) is 13.8. The van der Waals surface area contributed by atoms with Gasteiger partial charge in [0, 0.05) is 17.5 Å². The number of halogens is 9. The van der Waals surface area contributed by atoms with Crippen LogP contribution in [0.15, 0.2) is 60.7 Å². The lowest BCUT2D eigenvalue weighted by atomic mass is 9.98. The minimum atomic E-state index is -6.43. The first-order valence-corrected chi connectivity index (χ1v) is 15.5. The number of ether oxygens (including phenoxy) is 3. The average molecular weight is 693 g/mol. The predicted octanol–water partition coefficient (Wildman–Crippen LogP) is 10.4. The molecule has 3 aromatic carbocycles. The smallest absolute Gasteiger partial charge is 0.459 e. The minimum Gasteiger partial charge on any atom is -0.494 e. The molecule has 0 aromatic heterocycles. The van der Waals surface area contributed by atoms with Gasteiger partial charge in [-0.15, -0.1) is 0 Å². The zero-order valence-electron chi connectivity index (χ0n) is 26.5. The average Bonchev–Trinajstić information content (AvgIpc) is 3.02. The second-order valence-electron chi connectivity index (χ2n) is 11.4. The third-order valence-corrected chi connectivity index (χ3v) is 7.46. The Morgan fingerprint density at radius 1 is 0.729 bits per heavy atom. The number of hydrogen-bond donors (Lipinski definition) is 0. The molecular weight excluding hydrogens is 655 g/mol. The SMILES string of the molecule is CCCCCC[C@H](C)OC(=O)Cc1ccc(-c2ccc(-c3ccc(OCCCOCC(F)(F)C(F)(F)C(F)(F)F)cc3)c(F)c2F)cc1. The zero-order chi connectivity index (χ0) is 35.5. The van der Waals surface area contributed by atoms with Crippen LogP contribution in [0.2, 0.25) is 0 Å². The maximum absolute atomic E-state index is 15.2. The maximum atomic E-state index is 15.2. The van der Waals surface area contributed by atoms with Crippen LogP contribution in [0.5, 0.6) is 5.75 Å². The Morgan fingerprint density at radius 3 is 1.83 bits per heavy atom. The van der Waals surface area contributed by atoms with Gasteiger partial charge in [-0.1, -0.05) is 74.7 Å². The molecule has 1 atom stereocenters. The molecule has 0 aliphatic carbocycles. The van der Waals surface area contributed by atoms with E-state index in [1.165, 1.54) is 36.4 Å². The molecule has 0 fully saturated rings. The van der Waals surface area contributed by atoms with Crippen LogP contribution >= 0.6 is 0 Å². The first-order chi connectivity index (χ1) is 22.6. The van der Waals surface area contributed by atoms with E-state index >= 15 is 8.78 Å². The summed E-state index contributed by atoms with van der Waals surface area (Å²) in [6.07, 6.45) is -1.53. The summed E-state index contributed by atoms with van der Waals surface area (Å²) < 4.78 is 134. The molecule has 0 saturated carbocycles. The Labute approximate surface area is 273 Å². The molecule has 0 bridgehead atoms. The van der Waals surface area contributed by atoms with E-state index < -0.39 is 42.9 Å². The van der Waals surface area contributed by atoms with Gasteiger partial charge in [-0.25, -0.2) is 8.78 Å². The van der Waals surface area contributed by atoms with Crippen LogP contribution in [0.4, 0.5) is 39.5 Å². The van der Waals surface area contributed by atoms with Gasteiger partial charge in [-0.3, -0.25) is 4.79 Å². The molecule has 4 nitrogen and oxygen atoms in total. The second-order valence-corrected chi connectivity index (χ2v) is 11.4. The van der Waals surface area contributed by atoms with E-state index in [9.17, 15) is 35.5 Å². The summed E-state index contributed by atoms with van der Waals surface area (Å²) in [4.78, 5) is 12.3. The highest BCUT2D eigenvalue weighted by atomic mass is 19.4. The number of alkyl halides is 7. The van der Waals surface area contributed by atoms with Crippen LogP contribution in [-0.2, 0) is 20.7 Å². The van der Waals surface area contributed by atoms with Gasteiger partial charge in [0.1, 0.15) is 12.4 Å². The van der Waals surface area contributed by atoms with E-state index in [2.05, 4.69) is 11.7 Å². The van der Waals surface area contributed by atoms with Crippen LogP contribution < -0.4 is 4.74 Å². The molecule has 0 radical (unpaired) electrons. The van der Waals surface area contributed by atoms with Gasteiger partial charge < -0.3 is 14.2 Å². The lowest BCUT2D eigenvalue weighted by Gasteiger charge is -2.27. The summed E-state index contributed by atoms with van der Waals surface area (Å²) >= 11 is 0. The van der Waals surface area contributed by atoms with Crippen LogP contribution in [0.1, 0.15) is 57.9 Å². The van der Waals surface area contributed by atoms with Crippen molar-refractivity contribution in [3.8, 4) is 28.0 Å². The maximum Gasteiger partial charge on any atom is 0.459 e. The molecule has 3 rings (SSSR count). The highest BCUT2D eigenvalue weighted by molar-refractivity contribution is 5.74. The summed E-state index contributed by atoms with van der Waals surface area (Å²) in [6.45, 7) is 1.12. The molecule has 0 aliphatic heterocycles. The fourth-order valence-corrected chi connectivity index (χ4v) is 4.73. The first-order valence-electron chi connectivity index (χ1n) is 15.5. The van der Waals surface area contributed by atoms with Crippen molar-refractivity contribution in [2.75, 3.05) is 19.8 Å². The van der Waals surface area contributed by atoms with Crippen molar-refractivity contribution in [1.82, 2.24) is 0 Å². The van der Waals surface area contributed by atoms with Crippen molar-refractivity contribution in [1.29, 1.82) is 0 Å². The standard InChI is InChI=1S/C35H37F9O4/c1-3-4-5-6-8-23(2)48-30(45)21-24-9-11-25(12-10-24)28-17-18-29(32(37)31(28)36)26-13-15-27(16-14-26)47-20-7-19-46-22-33(38,39)34(40,41)35(42,43)44/h9-18,23H,3-8,19-22H2,1-2H3/t23-/m0/s1. The summed E-state index contributed by atoms with van der Waals surface area (Å²) in [6, 6.07) is 15.1. The molecule has 264 valence electrons. The molecule has 0 unspecified atom stereocenters. The highest BCUT2D eigenvalue weighted by Crippen LogP contribution is 2.46. The molecule has 0 amide bonds. The van der Waals surface area contributed by atoms with Gasteiger partial charge in [0.25, 0.3) is 0 Å². The van der Waals surface area contributed by atoms with Crippen molar-refractivity contribution in [2.45, 2.75) is 82.9 Å². The van der Waals surface area contributed by atoms with Crippen molar-refractivity contribution in [3.63, 3.8) is 0 Å². The number of carbonyl (C=O) groups excluding carboxylic acids is 1. The number of carbonyl (C=O) groups is 1. The largest absolute Gasteiger partial charge is 0.494 e. The fourth-order valence-electron chi connectivity index (χ4n) is 4.73. The number of benzene rings is 3. The number of rotatable bonds is 18. The van der Waals surface area contributed by atoms with Crippen LogP contribution in [0, 0.1) is 11.6 Å². The van der Waals surface area contributed by atoms with E-state index in [0.717, 1.165) is 32.1 Å². The van der Waals surface area contributed by atoms with Gasteiger partial charge in [0.2, 0.25) is 0 Å². The van der Waals surface area contributed by atoms with Gasteiger partial charge in [-0.2, -0.15) is 30.7 Å². The first kappa shape index (κ1) is 38.7. The lowest BCUT2D eigenvalue weighted by Crippen LogP contribution is -2.54. The van der Waals surface area contributed by atoms with Gasteiger partial charge in [0.05, 0.1) is 25.7 Å². The Hall–Kier alpha value is -3.74. The number of esters is 1. The Balaban J connectivity index is 1.51. The number of unbranched alkanes of at least 4 members (excludes halogenated alkanes) is 3. The van der Waals surface area contributed by atoms with Crippen LogP contribution in [0.25, 0.3) is 22.3 Å². The normalized spacial score (nSPS) is 13.0. The quantitative estimate of drug-likeness (QED) is 0.0756. The van der Waals surface area contributed by atoms with Crippen molar-refractivity contribution < 1.29 is 58.5 Å². The molecule has 0 aliphatic rings. The van der Waals surface area contributed by atoms with Gasteiger partial charge in [0.15, 0.2) is 11.6 Å². The van der Waals surface area contributed by atoms with E-state index in [1.807, 2.05) is 6.92 Å². The highest BCUT2D eigenvalue weighted by Gasteiger charge is 2.72. The second kappa shape index (κ2) is 17.1. The van der Waals surface area contributed by atoms with Crippen LogP contribution in [-0.4, -0.2) is 49.9 Å². The van der Waals surface area contributed by atoms with Crippen LogP contribution in [0.3, 0.4) is 0 Å². The summed E-state index contributed by atoms with van der Waals surface area (Å²) in [7, 11) is 0. The predicted molar refractivity (Wildman–Crippen MR) is 162 cm³/mol. The van der Waals surface area contributed by atoms with E-state index in [4.69, 9.17) is 9.47 Å². The van der Waals surface area contributed by atoms with E-state index in [0.29, 0.717) is 16.7 Å². The minimum absolute atomic E-state index is 0.0214. The Morgan fingerprint density at radius 2 is 1.29 bits per heavy atom. The topological polar surface area (TPSA) is 44.8 Å². The molecule has 0 saturated heterocycles. The fraction of sp³-hybridized carbons (Fsp3) is 0.457. The lowest BCUT2D eigenvalue weighted by molar-refractivity contribution is -0.361. The van der Waals surface area contributed by atoms with Crippen molar-refractivity contribution in [2.24, 2.45) is 0 Å². The third kappa shape index (κ3) is 10.4. The summed E-state index contributed by atoms with van der Waals surface area (Å²) in [5.74, 6) is -14.0. The molecule has 0 spiro atoms. The molecular formula is C35H37F9O4. The molecule has 3 aromatic rings. The molecule has 0 heterocycles. The van der Waals surface area contributed by atoms with E-state index in [-0.39, 0.29) is 48.4 Å². The number of hydrogen-bond acceptors (Lipinski definition) is 4. The molecule has 13 heteroatoms. The van der Waals surface area contributed by atoms with Crippen molar-refractivity contribution in [3.05, 3.63) is 77.9 Å². The molecule has 0 N–H and O–H groups in total. The molecule has 48 heavy (non-hydrogen) atoms.